The van der Waals surface area contributed by atoms with Gasteiger partial charge in [-0.2, -0.15) is 0 Å². The van der Waals surface area contributed by atoms with E-state index in [4.69, 9.17) is 0 Å². The summed E-state index contributed by atoms with van der Waals surface area (Å²) in [5, 5.41) is 3.31. The highest BCUT2D eigenvalue weighted by atomic mass is 16.2. The van der Waals surface area contributed by atoms with E-state index in [-0.39, 0.29) is 11.3 Å². The predicted octanol–water partition coefficient (Wildman–Crippen LogP) is 1.47. The molecule has 0 atom stereocenters. The van der Waals surface area contributed by atoms with Crippen LogP contribution in [0.4, 0.5) is 0 Å². The summed E-state index contributed by atoms with van der Waals surface area (Å²) in [7, 11) is 1.91. The normalized spacial score (nSPS) is 18.0. The second-order valence-electron chi connectivity index (χ2n) is 5.64. The van der Waals surface area contributed by atoms with Gasteiger partial charge in [-0.1, -0.05) is 6.92 Å². The fourth-order valence-electron chi connectivity index (χ4n) is 2.60. The third-order valence-corrected chi connectivity index (χ3v) is 4.06. The predicted molar refractivity (Wildman–Crippen MR) is 75.8 cm³/mol. The number of hydrogen-bond acceptors (Lipinski definition) is 3. The zero-order valence-corrected chi connectivity index (χ0v) is 11.9. The Morgan fingerprint density at radius 3 is 2.63 bits per heavy atom. The molecule has 1 aromatic rings. The second kappa shape index (κ2) is 6.15. The molecule has 0 aliphatic carbocycles. The van der Waals surface area contributed by atoms with Crippen LogP contribution in [0.5, 0.6) is 0 Å². The van der Waals surface area contributed by atoms with E-state index in [1.165, 1.54) is 5.56 Å². The van der Waals surface area contributed by atoms with E-state index >= 15 is 0 Å². The lowest BCUT2D eigenvalue weighted by atomic mass is 9.79. The fourth-order valence-corrected chi connectivity index (χ4v) is 2.60. The Bertz CT molecular complexity index is 413. The number of hydrogen-bond donors (Lipinski definition) is 1. The topological polar surface area (TPSA) is 45.2 Å². The van der Waals surface area contributed by atoms with Crippen molar-refractivity contribution in [2.45, 2.75) is 26.2 Å². The average Bonchev–Trinajstić information content (AvgIpc) is 2.46. The van der Waals surface area contributed by atoms with Crippen LogP contribution in [-0.2, 0) is 11.2 Å². The van der Waals surface area contributed by atoms with Crippen molar-refractivity contribution in [3.8, 4) is 0 Å². The highest BCUT2D eigenvalue weighted by Crippen LogP contribution is 2.29. The van der Waals surface area contributed by atoms with Gasteiger partial charge >= 0.3 is 0 Å². The van der Waals surface area contributed by atoms with Gasteiger partial charge in [-0.3, -0.25) is 9.78 Å². The molecule has 0 unspecified atom stereocenters. The molecular weight excluding hydrogens is 238 g/mol. The standard InChI is InChI=1S/C15H23N3O/c1-15(6-10-17-11-7-15)14(19)18(2)12-5-13-3-8-16-9-4-13/h3-4,8-9,17H,5-7,10-12H2,1-2H3. The lowest BCUT2D eigenvalue weighted by Gasteiger charge is -2.36. The van der Waals surface area contributed by atoms with Crippen molar-refractivity contribution in [3.63, 3.8) is 0 Å². The first-order valence-corrected chi connectivity index (χ1v) is 6.97. The molecule has 1 aliphatic rings. The number of amides is 1. The van der Waals surface area contributed by atoms with Crippen LogP contribution in [0.1, 0.15) is 25.3 Å². The van der Waals surface area contributed by atoms with Crippen molar-refractivity contribution >= 4 is 5.91 Å². The van der Waals surface area contributed by atoms with Gasteiger partial charge in [0.1, 0.15) is 0 Å². The smallest absolute Gasteiger partial charge is 0.228 e. The van der Waals surface area contributed by atoms with Crippen LogP contribution in [0.3, 0.4) is 0 Å². The number of carbonyl (C=O) groups excluding carboxylic acids is 1. The van der Waals surface area contributed by atoms with Crippen LogP contribution < -0.4 is 5.32 Å². The van der Waals surface area contributed by atoms with E-state index in [1.54, 1.807) is 12.4 Å². The summed E-state index contributed by atoms with van der Waals surface area (Å²) in [6, 6.07) is 4.01. The zero-order valence-electron chi connectivity index (χ0n) is 11.9. The Hall–Kier alpha value is -1.42. The monoisotopic (exact) mass is 261 g/mol. The molecule has 1 N–H and O–H groups in total. The zero-order chi connectivity index (χ0) is 13.7. The van der Waals surface area contributed by atoms with Crippen LogP contribution in [0.2, 0.25) is 0 Å². The first-order chi connectivity index (χ1) is 9.12. The van der Waals surface area contributed by atoms with Gasteiger partial charge in [0.15, 0.2) is 0 Å². The van der Waals surface area contributed by atoms with Gasteiger partial charge in [-0.25, -0.2) is 0 Å². The van der Waals surface area contributed by atoms with Crippen LogP contribution in [-0.4, -0.2) is 42.5 Å². The summed E-state index contributed by atoms with van der Waals surface area (Å²) < 4.78 is 0. The van der Waals surface area contributed by atoms with E-state index in [0.29, 0.717) is 0 Å². The summed E-state index contributed by atoms with van der Waals surface area (Å²) in [6.07, 6.45) is 6.35. The number of rotatable bonds is 4. The lowest BCUT2D eigenvalue weighted by molar-refractivity contribution is -0.141. The molecule has 0 saturated carbocycles. The SMILES string of the molecule is CN(CCc1ccncc1)C(=O)C1(C)CCNCC1. The van der Waals surface area contributed by atoms with Crippen molar-refractivity contribution in [2.75, 3.05) is 26.7 Å². The van der Waals surface area contributed by atoms with Gasteiger partial charge in [0.25, 0.3) is 0 Å². The van der Waals surface area contributed by atoms with Gasteiger partial charge in [-0.05, 0) is 50.0 Å². The quantitative estimate of drug-likeness (QED) is 0.893. The second-order valence-corrected chi connectivity index (χ2v) is 5.64. The Balaban J connectivity index is 1.88. The van der Waals surface area contributed by atoms with Gasteiger partial charge in [0, 0.05) is 31.4 Å². The van der Waals surface area contributed by atoms with Crippen LogP contribution in [0.15, 0.2) is 24.5 Å². The molecule has 1 fully saturated rings. The molecule has 0 spiro atoms. The van der Waals surface area contributed by atoms with Crippen molar-refractivity contribution in [2.24, 2.45) is 5.41 Å². The number of aromatic nitrogens is 1. The third-order valence-electron chi connectivity index (χ3n) is 4.06. The molecule has 104 valence electrons. The van der Waals surface area contributed by atoms with Gasteiger partial charge in [0.2, 0.25) is 5.91 Å². The summed E-state index contributed by atoms with van der Waals surface area (Å²) in [5.74, 6) is 0.281. The summed E-state index contributed by atoms with van der Waals surface area (Å²) in [6.45, 7) is 4.76. The molecule has 4 heteroatoms. The Kier molecular flexibility index (Phi) is 4.53. The van der Waals surface area contributed by atoms with E-state index in [2.05, 4.69) is 17.2 Å². The fraction of sp³-hybridized carbons (Fsp3) is 0.600. The molecule has 4 nitrogen and oxygen atoms in total. The van der Waals surface area contributed by atoms with Crippen molar-refractivity contribution in [1.29, 1.82) is 0 Å². The van der Waals surface area contributed by atoms with Crippen molar-refractivity contribution in [3.05, 3.63) is 30.1 Å². The van der Waals surface area contributed by atoms with Gasteiger partial charge in [0.05, 0.1) is 0 Å². The molecule has 2 heterocycles. The molecule has 1 aromatic heterocycles. The number of nitrogens with zero attached hydrogens (tertiary/aromatic N) is 2. The van der Waals surface area contributed by atoms with Crippen molar-refractivity contribution in [1.82, 2.24) is 15.2 Å². The minimum Gasteiger partial charge on any atom is -0.345 e. The average molecular weight is 261 g/mol. The molecule has 0 bridgehead atoms. The first kappa shape index (κ1) is 14.0. The van der Waals surface area contributed by atoms with Crippen LogP contribution in [0.25, 0.3) is 0 Å². The van der Waals surface area contributed by atoms with Crippen LogP contribution >= 0.6 is 0 Å². The number of piperidine rings is 1. The number of nitrogens with one attached hydrogen (secondary N) is 1. The highest BCUT2D eigenvalue weighted by Gasteiger charge is 2.36. The number of pyridine rings is 1. The molecule has 19 heavy (non-hydrogen) atoms. The van der Waals surface area contributed by atoms with Crippen molar-refractivity contribution < 1.29 is 4.79 Å². The summed E-state index contributed by atoms with van der Waals surface area (Å²) in [4.78, 5) is 18.4. The Morgan fingerprint density at radius 1 is 1.37 bits per heavy atom. The minimum absolute atomic E-state index is 0.182. The molecule has 0 radical (unpaired) electrons. The molecule has 1 aliphatic heterocycles. The third kappa shape index (κ3) is 3.53. The van der Waals surface area contributed by atoms with Crippen LogP contribution in [0, 0.1) is 5.41 Å². The van der Waals surface area contributed by atoms with Gasteiger partial charge in [-0.15, -0.1) is 0 Å². The Labute approximate surface area is 115 Å². The maximum atomic E-state index is 12.5. The molecule has 1 amide bonds. The molecule has 0 aromatic carbocycles. The molecule has 2 rings (SSSR count). The Morgan fingerprint density at radius 2 is 2.00 bits per heavy atom. The van der Waals surface area contributed by atoms with E-state index in [0.717, 1.165) is 38.9 Å². The summed E-state index contributed by atoms with van der Waals surface area (Å²) in [5.41, 5.74) is 1.04. The van der Waals surface area contributed by atoms with E-state index in [1.807, 2.05) is 24.1 Å². The summed E-state index contributed by atoms with van der Waals surface area (Å²) >= 11 is 0. The molecular formula is C15H23N3O. The largest absolute Gasteiger partial charge is 0.345 e. The number of carbonyl (C=O) groups is 1. The first-order valence-electron chi connectivity index (χ1n) is 6.97. The highest BCUT2D eigenvalue weighted by molar-refractivity contribution is 5.82. The number of likely N-dealkylation sites (N-methyl/N-ethyl adjacent to an activating group) is 1. The molecule has 1 saturated heterocycles. The van der Waals surface area contributed by atoms with E-state index in [9.17, 15) is 4.79 Å². The van der Waals surface area contributed by atoms with Gasteiger partial charge < -0.3 is 10.2 Å². The maximum absolute atomic E-state index is 12.5. The minimum atomic E-state index is -0.182. The van der Waals surface area contributed by atoms with E-state index < -0.39 is 0 Å². The lowest BCUT2D eigenvalue weighted by Crippen LogP contribution is -2.46. The maximum Gasteiger partial charge on any atom is 0.228 e.